The lowest BCUT2D eigenvalue weighted by Crippen LogP contribution is -2.17. The minimum atomic E-state index is 0.0368. The van der Waals surface area contributed by atoms with Crippen LogP contribution >= 0.6 is 11.6 Å². The van der Waals surface area contributed by atoms with E-state index in [4.69, 9.17) is 26.2 Å². The largest absolute Gasteiger partial charge is 0.493 e. The van der Waals surface area contributed by atoms with Crippen LogP contribution in [-0.2, 0) is 6.54 Å². The fourth-order valence-corrected chi connectivity index (χ4v) is 1.81. The first-order valence-electron chi connectivity index (χ1n) is 5.93. The molecular weight excluding hydrogens is 254 g/mol. The number of nitrogens with one attached hydrogen (secondary N) is 1. The molecule has 1 aromatic rings. The zero-order chi connectivity index (χ0) is 13.5. The van der Waals surface area contributed by atoms with Crippen molar-refractivity contribution in [2.75, 3.05) is 20.3 Å². The van der Waals surface area contributed by atoms with Gasteiger partial charge in [0.2, 0.25) is 0 Å². The molecule has 0 saturated carbocycles. The molecule has 4 nitrogen and oxygen atoms in total. The first-order chi connectivity index (χ1) is 8.58. The summed E-state index contributed by atoms with van der Waals surface area (Å²) >= 11 is 6.19. The Hall–Kier alpha value is -0.970. The lowest BCUT2D eigenvalue weighted by molar-refractivity contribution is 0.230. The molecule has 0 bridgehead atoms. The number of hydrogen-bond donors (Lipinski definition) is 2. The van der Waals surface area contributed by atoms with E-state index in [1.807, 2.05) is 26.0 Å². The molecule has 0 aliphatic heterocycles. The summed E-state index contributed by atoms with van der Waals surface area (Å²) in [7, 11) is 1.59. The van der Waals surface area contributed by atoms with Crippen molar-refractivity contribution >= 4 is 11.6 Å². The maximum absolute atomic E-state index is 8.71. The highest BCUT2D eigenvalue weighted by Gasteiger charge is 2.13. The number of hydrogen-bond acceptors (Lipinski definition) is 4. The molecule has 0 fully saturated rings. The van der Waals surface area contributed by atoms with Gasteiger partial charge in [-0.15, -0.1) is 0 Å². The van der Waals surface area contributed by atoms with Gasteiger partial charge in [-0.2, -0.15) is 0 Å². The van der Waals surface area contributed by atoms with Crippen molar-refractivity contribution in [2.24, 2.45) is 0 Å². The molecular formula is C13H20ClNO3. The van der Waals surface area contributed by atoms with E-state index in [0.29, 0.717) is 29.6 Å². The monoisotopic (exact) mass is 273 g/mol. The SMILES string of the molecule is COc1cc(CNCCO)cc(Cl)c1OC(C)C. The minimum Gasteiger partial charge on any atom is -0.493 e. The van der Waals surface area contributed by atoms with E-state index in [0.717, 1.165) is 5.56 Å². The van der Waals surface area contributed by atoms with Gasteiger partial charge >= 0.3 is 0 Å². The Morgan fingerprint density at radius 3 is 2.67 bits per heavy atom. The molecule has 0 spiro atoms. The van der Waals surface area contributed by atoms with Gasteiger partial charge in [0.15, 0.2) is 11.5 Å². The molecule has 0 saturated heterocycles. The molecule has 102 valence electrons. The zero-order valence-corrected chi connectivity index (χ0v) is 11.8. The molecule has 0 unspecified atom stereocenters. The summed E-state index contributed by atoms with van der Waals surface area (Å²) in [5, 5.41) is 12.3. The van der Waals surface area contributed by atoms with Gasteiger partial charge < -0.3 is 19.9 Å². The number of rotatable bonds is 7. The van der Waals surface area contributed by atoms with Gasteiger partial charge in [0.1, 0.15) is 0 Å². The molecule has 0 aliphatic carbocycles. The van der Waals surface area contributed by atoms with Gasteiger partial charge in [0.25, 0.3) is 0 Å². The number of benzene rings is 1. The van der Waals surface area contributed by atoms with Gasteiger partial charge in [-0.05, 0) is 31.5 Å². The van der Waals surface area contributed by atoms with Gasteiger partial charge in [0, 0.05) is 13.1 Å². The van der Waals surface area contributed by atoms with Crippen LogP contribution in [0.3, 0.4) is 0 Å². The molecule has 0 radical (unpaired) electrons. The highest BCUT2D eigenvalue weighted by atomic mass is 35.5. The van der Waals surface area contributed by atoms with E-state index >= 15 is 0 Å². The number of aliphatic hydroxyl groups is 1. The Morgan fingerprint density at radius 2 is 2.11 bits per heavy atom. The fraction of sp³-hybridized carbons (Fsp3) is 0.538. The first-order valence-corrected chi connectivity index (χ1v) is 6.31. The van der Waals surface area contributed by atoms with E-state index in [2.05, 4.69) is 5.32 Å². The summed E-state index contributed by atoms with van der Waals surface area (Å²) < 4.78 is 10.9. The van der Waals surface area contributed by atoms with Crippen LogP contribution in [0, 0.1) is 0 Å². The van der Waals surface area contributed by atoms with Crippen molar-refractivity contribution in [3.63, 3.8) is 0 Å². The Bertz CT molecular complexity index is 383. The standard InChI is InChI=1S/C13H20ClNO3/c1-9(2)18-13-11(14)6-10(7-12(13)17-3)8-15-4-5-16/h6-7,9,15-16H,4-5,8H2,1-3H3. The lowest BCUT2D eigenvalue weighted by Gasteiger charge is -2.16. The maximum Gasteiger partial charge on any atom is 0.180 e. The third-order valence-electron chi connectivity index (χ3n) is 2.26. The van der Waals surface area contributed by atoms with Gasteiger partial charge in [0.05, 0.1) is 24.8 Å². The van der Waals surface area contributed by atoms with Crippen molar-refractivity contribution in [2.45, 2.75) is 26.5 Å². The van der Waals surface area contributed by atoms with Gasteiger partial charge in [-0.3, -0.25) is 0 Å². The van der Waals surface area contributed by atoms with Crippen LogP contribution in [0.4, 0.5) is 0 Å². The third-order valence-corrected chi connectivity index (χ3v) is 2.54. The highest BCUT2D eigenvalue weighted by Crippen LogP contribution is 2.37. The predicted octanol–water partition coefficient (Wildman–Crippen LogP) is 2.22. The molecule has 0 atom stereocenters. The summed E-state index contributed by atoms with van der Waals surface area (Å²) in [5.41, 5.74) is 0.987. The van der Waals surface area contributed by atoms with E-state index in [-0.39, 0.29) is 12.7 Å². The Balaban J connectivity index is 2.88. The summed E-state index contributed by atoms with van der Waals surface area (Å²) in [6, 6.07) is 3.72. The fourth-order valence-electron chi connectivity index (χ4n) is 1.54. The van der Waals surface area contributed by atoms with Crippen LogP contribution in [0.5, 0.6) is 11.5 Å². The molecule has 5 heteroatoms. The maximum atomic E-state index is 8.71. The van der Waals surface area contributed by atoms with E-state index < -0.39 is 0 Å². The molecule has 0 aliphatic rings. The summed E-state index contributed by atoms with van der Waals surface area (Å²) in [6.07, 6.45) is 0.0368. The van der Waals surface area contributed by atoms with E-state index in [1.54, 1.807) is 7.11 Å². The molecule has 1 aromatic carbocycles. The summed E-state index contributed by atoms with van der Waals surface area (Å²) in [5.74, 6) is 1.19. The van der Waals surface area contributed by atoms with Crippen molar-refractivity contribution in [1.82, 2.24) is 5.32 Å². The van der Waals surface area contributed by atoms with E-state index in [9.17, 15) is 0 Å². The van der Waals surface area contributed by atoms with Crippen molar-refractivity contribution in [3.05, 3.63) is 22.7 Å². The van der Waals surface area contributed by atoms with Crippen LogP contribution in [0.25, 0.3) is 0 Å². The van der Waals surface area contributed by atoms with Gasteiger partial charge in [-0.25, -0.2) is 0 Å². The van der Waals surface area contributed by atoms with Crippen LogP contribution in [0.15, 0.2) is 12.1 Å². The number of aliphatic hydroxyl groups excluding tert-OH is 1. The van der Waals surface area contributed by atoms with Crippen LogP contribution in [-0.4, -0.2) is 31.5 Å². The second kappa shape index (κ2) is 7.46. The average Bonchev–Trinajstić information content (AvgIpc) is 2.32. The quantitative estimate of drug-likeness (QED) is 0.748. The average molecular weight is 274 g/mol. The highest BCUT2D eigenvalue weighted by molar-refractivity contribution is 6.32. The number of halogens is 1. The Kier molecular flexibility index (Phi) is 6.25. The molecule has 1 rings (SSSR count). The number of ether oxygens (including phenoxy) is 2. The second-order valence-corrected chi connectivity index (χ2v) is 4.58. The predicted molar refractivity (Wildman–Crippen MR) is 72.6 cm³/mol. The minimum absolute atomic E-state index is 0.0368. The first kappa shape index (κ1) is 15.1. The second-order valence-electron chi connectivity index (χ2n) is 4.18. The summed E-state index contributed by atoms with van der Waals surface area (Å²) in [4.78, 5) is 0. The van der Waals surface area contributed by atoms with E-state index in [1.165, 1.54) is 0 Å². The lowest BCUT2D eigenvalue weighted by atomic mass is 10.2. The van der Waals surface area contributed by atoms with Crippen molar-refractivity contribution < 1.29 is 14.6 Å². The molecule has 2 N–H and O–H groups in total. The smallest absolute Gasteiger partial charge is 0.180 e. The molecule has 18 heavy (non-hydrogen) atoms. The van der Waals surface area contributed by atoms with Crippen LogP contribution in [0.2, 0.25) is 5.02 Å². The van der Waals surface area contributed by atoms with Crippen molar-refractivity contribution in [3.8, 4) is 11.5 Å². The molecule has 0 amide bonds. The molecule has 0 heterocycles. The Morgan fingerprint density at radius 1 is 1.39 bits per heavy atom. The summed E-state index contributed by atoms with van der Waals surface area (Å²) in [6.45, 7) is 5.15. The van der Waals surface area contributed by atoms with Gasteiger partial charge in [-0.1, -0.05) is 11.6 Å². The normalized spacial score (nSPS) is 10.8. The zero-order valence-electron chi connectivity index (χ0n) is 11.0. The number of methoxy groups -OCH3 is 1. The molecule has 0 aromatic heterocycles. The van der Waals surface area contributed by atoms with Crippen LogP contribution in [0.1, 0.15) is 19.4 Å². The van der Waals surface area contributed by atoms with Crippen molar-refractivity contribution in [1.29, 1.82) is 0 Å². The Labute approximate surface area is 113 Å². The topological polar surface area (TPSA) is 50.7 Å². The third kappa shape index (κ3) is 4.37. The van der Waals surface area contributed by atoms with Crippen LogP contribution < -0.4 is 14.8 Å².